The summed E-state index contributed by atoms with van der Waals surface area (Å²) in [4.78, 5) is 0. The summed E-state index contributed by atoms with van der Waals surface area (Å²) in [5.74, 6) is 0.742. The minimum absolute atomic E-state index is 0.658. The monoisotopic (exact) mass is 241 g/mol. The summed E-state index contributed by atoms with van der Waals surface area (Å²) < 4.78 is 5.06. The molecule has 2 heteroatoms. The molecule has 1 N–H and O–H groups in total. The van der Waals surface area contributed by atoms with Gasteiger partial charge in [0.1, 0.15) is 0 Å². The van der Waals surface area contributed by atoms with Crippen LogP contribution in [-0.4, -0.2) is 6.04 Å². The van der Waals surface area contributed by atoms with E-state index in [9.17, 15) is 0 Å². The molecule has 0 amide bonds. The van der Waals surface area contributed by atoms with Crippen LogP contribution in [0.1, 0.15) is 35.4 Å². The molecule has 1 heterocycles. The zero-order chi connectivity index (χ0) is 12.4. The van der Waals surface area contributed by atoms with Gasteiger partial charge in [-0.15, -0.1) is 0 Å². The van der Waals surface area contributed by atoms with Gasteiger partial charge in [-0.25, -0.2) is 0 Å². The number of hydrogen-bond acceptors (Lipinski definition) is 2. The van der Waals surface area contributed by atoms with E-state index in [2.05, 4.69) is 36.5 Å². The van der Waals surface area contributed by atoms with Crippen LogP contribution in [0.4, 0.5) is 0 Å². The van der Waals surface area contributed by atoms with Crippen LogP contribution in [-0.2, 0) is 6.54 Å². The molecule has 0 radical (unpaired) electrons. The summed E-state index contributed by atoms with van der Waals surface area (Å²) in [6.45, 7) is 3.08. The first-order chi connectivity index (χ1) is 8.81. The van der Waals surface area contributed by atoms with Crippen LogP contribution < -0.4 is 5.32 Å². The minimum Gasteiger partial charge on any atom is -0.472 e. The van der Waals surface area contributed by atoms with Gasteiger partial charge in [-0.3, -0.25) is 0 Å². The van der Waals surface area contributed by atoms with Crippen LogP contribution >= 0.6 is 0 Å². The smallest absolute Gasteiger partial charge is 0.0947 e. The fourth-order valence-corrected chi connectivity index (χ4v) is 2.64. The van der Waals surface area contributed by atoms with Crippen molar-refractivity contribution in [2.75, 3.05) is 0 Å². The Hall–Kier alpha value is -1.54. The highest BCUT2D eigenvalue weighted by Gasteiger charge is 2.29. The van der Waals surface area contributed by atoms with Crippen molar-refractivity contribution in [1.29, 1.82) is 0 Å². The van der Waals surface area contributed by atoms with Crippen LogP contribution in [0.2, 0.25) is 0 Å². The molecule has 0 spiro atoms. The van der Waals surface area contributed by atoms with Gasteiger partial charge in [-0.05, 0) is 37.3 Å². The van der Waals surface area contributed by atoms with Gasteiger partial charge in [0.25, 0.3) is 0 Å². The van der Waals surface area contributed by atoms with Crippen molar-refractivity contribution >= 4 is 0 Å². The van der Waals surface area contributed by atoms with Crippen LogP contribution in [0, 0.1) is 6.92 Å². The molecule has 1 aliphatic rings. The molecule has 2 aromatic rings. The van der Waals surface area contributed by atoms with Crippen molar-refractivity contribution in [1.82, 2.24) is 5.32 Å². The van der Waals surface area contributed by atoms with Gasteiger partial charge in [-0.2, -0.15) is 0 Å². The van der Waals surface area contributed by atoms with Crippen molar-refractivity contribution in [3.8, 4) is 0 Å². The Bertz CT molecular complexity index is 498. The molecular weight excluding hydrogens is 222 g/mol. The molecule has 1 saturated carbocycles. The van der Waals surface area contributed by atoms with Gasteiger partial charge in [-0.1, -0.05) is 29.8 Å². The Kier molecular flexibility index (Phi) is 3.20. The predicted molar refractivity (Wildman–Crippen MR) is 72.5 cm³/mol. The number of hydrogen-bond donors (Lipinski definition) is 1. The van der Waals surface area contributed by atoms with Crippen LogP contribution in [0.15, 0.2) is 47.3 Å². The molecule has 0 atom stereocenters. The number of rotatable bonds is 4. The SMILES string of the molecule is Cc1cccc(C2CC(NCc3ccoc3)C2)c1. The van der Waals surface area contributed by atoms with E-state index in [1.54, 1.807) is 6.26 Å². The highest BCUT2D eigenvalue weighted by Crippen LogP contribution is 2.37. The summed E-state index contributed by atoms with van der Waals surface area (Å²) in [6, 6.07) is 11.6. The Labute approximate surface area is 108 Å². The summed E-state index contributed by atoms with van der Waals surface area (Å²) in [6.07, 6.45) is 6.04. The number of furan rings is 1. The normalized spacial score (nSPS) is 22.7. The molecular formula is C16H19NO. The van der Waals surface area contributed by atoms with Crippen molar-refractivity contribution in [2.24, 2.45) is 0 Å². The van der Waals surface area contributed by atoms with Gasteiger partial charge in [0.15, 0.2) is 0 Å². The third-order valence-electron chi connectivity index (χ3n) is 3.83. The molecule has 0 bridgehead atoms. The summed E-state index contributed by atoms with van der Waals surface area (Å²) >= 11 is 0. The molecule has 1 fully saturated rings. The van der Waals surface area contributed by atoms with E-state index >= 15 is 0 Å². The van der Waals surface area contributed by atoms with E-state index in [0.717, 1.165) is 12.5 Å². The molecule has 0 aliphatic heterocycles. The first-order valence-corrected chi connectivity index (χ1v) is 6.62. The Balaban J connectivity index is 1.48. The van der Waals surface area contributed by atoms with Gasteiger partial charge < -0.3 is 9.73 Å². The van der Waals surface area contributed by atoms with E-state index in [0.29, 0.717) is 6.04 Å². The quantitative estimate of drug-likeness (QED) is 0.884. The molecule has 0 unspecified atom stereocenters. The van der Waals surface area contributed by atoms with Crippen LogP contribution in [0.3, 0.4) is 0 Å². The maximum atomic E-state index is 5.06. The van der Waals surface area contributed by atoms with E-state index in [1.807, 2.05) is 12.3 Å². The van der Waals surface area contributed by atoms with Crippen molar-refractivity contribution in [2.45, 2.75) is 38.3 Å². The summed E-state index contributed by atoms with van der Waals surface area (Å²) in [5, 5.41) is 3.58. The molecule has 2 nitrogen and oxygen atoms in total. The summed E-state index contributed by atoms with van der Waals surface area (Å²) in [5.41, 5.74) is 4.09. The summed E-state index contributed by atoms with van der Waals surface area (Å²) in [7, 11) is 0. The lowest BCUT2D eigenvalue weighted by atomic mass is 9.75. The van der Waals surface area contributed by atoms with Crippen LogP contribution in [0.25, 0.3) is 0 Å². The Morgan fingerprint density at radius 1 is 1.28 bits per heavy atom. The van der Waals surface area contributed by atoms with Crippen molar-refractivity contribution < 1.29 is 4.42 Å². The topological polar surface area (TPSA) is 25.2 Å². The Morgan fingerprint density at radius 2 is 2.17 bits per heavy atom. The largest absolute Gasteiger partial charge is 0.472 e. The second-order valence-corrected chi connectivity index (χ2v) is 5.29. The lowest BCUT2D eigenvalue weighted by molar-refractivity contribution is 0.289. The highest BCUT2D eigenvalue weighted by molar-refractivity contribution is 5.27. The zero-order valence-corrected chi connectivity index (χ0v) is 10.7. The van der Waals surface area contributed by atoms with Crippen LogP contribution in [0.5, 0.6) is 0 Å². The van der Waals surface area contributed by atoms with E-state index in [4.69, 9.17) is 4.42 Å². The van der Waals surface area contributed by atoms with Crippen molar-refractivity contribution in [3.63, 3.8) is 0 Å². The van der Waals surface area contributed by atoms with Gasteiger partial charge in [0.05, 0.1) is 12.5 Å². The first kappa shape index (κ1) is 11.5. The third-order valence-corrected chi connectivity index (χ3v) is 3.83. The molecule has 3 rings (SSSR count). The number of aryl methyl sites for hydroxylation is 1. The fourth-order valence-electron chi connectivity index (χ4n) is 2.64. The minimum atomic E-state index is 0.658. The van der Waals surface area contributed by atoms with Gasteiger partial charge in [0.2, 0.25) is 0 Å². The maximum absolute atomic E-state index is 5.06. The lowest BCUT2D eigenvalue weighted by Crippen LogP contribution is -2.39. The molecule has 0 saturated heterocycles. The maximum Gasteiger partial charge on any atom is 0.0947 e. The molecule has 1 aliphatic carbocycles. The lowest BCUT2D eigenvalue weighted by Gasteiger charge is -2.36. The predicted octanol–water partition coefficient (Wildman–Crippen LogP) is 3.62. The second-order valence-electron chi connectivity index (χ2n) is 5.29. The average molecular weight is 241 g/mol. The molecule has 18 heavy (non-hydrogen) atoms. The van der Waals surface area contributed by atoms with Gasteiger partial charge >= 0.3 is 0 Å². The van der Waals surface area contributed by atoms with E-state index < -0.39 is 0 Å². The Morgan fingerprint density at radius 3 is 2.89 bits per heavy atom. The van der Waals surface area contributed by atoms with Gasteiger partial charge in [0, 0.05) is 18.2 Å². The third kappa shape index (κ3) is 2.49. The zero-order valence-electron chi connectivity index (χ0n) is 10.7. The highest BCUT2D eigenvalue weighted by atomic mass is 16.3. The molecule has 1 aromatic carbocycles. The van der Waals surface area contributed by atoms with E-state index in [-0.39, 0.29) is 0 Å². The second kappa shape index (κ2) is 4.99. The fraction of sp³-hybridized carbons (Fsp3) is 0.375. The molecule has 1 aromatic heterocycles. The molecule has 94 valence electrons. The average Bonchev–Trinajstić information content (AvgIpc) is 2.80. The number of nitrogens with one attached hydrogen (secondary N) is 1. The number of benzene rings is 1. The van der Waals surface area contributed by atoms with Crippen molar-refractivity contribution in [3.05, 3.63) is 59.5 Å². The standard InChI is InChI=1S/C16H19NO/c1-12-3-2-4-14(7-12)15-8-16(9-15)17-10-13-5-6-18-11-13/h2-7,11,15-17H,8-10H2,1H3. The van der Waals surface area contributed by atoms with E-state index in [1.165, 1.54) is 29.5 Å². The first-order valence-electron chi connectivity index (χ1n) is 6.62.